The predicted molar refractivity (Wildman–Crippen MR) is 66.6 cm³/mol. The van der Waals surface area contributed by atoms with Crippen LogP contribution in [0.25, 0.3) is 0 Å². The van der Waals surface area contributed by atoms with Crippen molar-refractivity contribution >= 4 is 10.1 Å². The van der Waals surface area contributed by atoms with Crippen LogP contribution < -0.4 is 0 Å². The number of hydrogen-bond acceptors (Lipinski definition) is 4. The summed E-state index contributed by atoms with van der Waals surface area (Å²) in [5, 5.41) is 9.19. The fraction of sp³-hybridized carbons (Fsp3) is 1.00. The number of rotatable bonds is 11. The van der Waals surface area contributed by atoms with Crippen LogP contribution in [0.4, 0.5) is 0 Å². The van der Waals surface area contributed by atoms with E-state index < -0.39 is 22.0 Å². The van der Waals surface area contributed by atoms with Crippen LogP contribution in [-0.2, 0) is 14.9 Å². The molecule has 0 aromatic carbocycles. The molecule has 1 unspecified atom stereocenters. The van der Waals surface area contributed by atoms with Gasteiger partial charge in [-0.1, -0.05) is 39.0 Å². The third-order valence-corrected chi connectivity index (χ3v) is 3.16. The number of ether oxygens (including phenoxy) is 1. The normalized spacial score (nSPS) is 13.8. The van der Waals surface area contributed by atoms with E-state index in [1.165, 1.54) is 25.7 Å². The summed E-state index contributed by atoms with van der Waals surface area (Å²) in [7, 11) is -4.11. The lowest BCUT2D eigenvalue weighted by molar-refractivity contribution is 0.0453. The molecule has 0 spiro atoms. The Labute approximate surface area is 104 Å². The molecule has 0 bridgehead atoms. The molecule has 1 atom stereocenters. The molecule has 104 valence electrons. The zero-order valence-corrected chi connectivity index (χ0v) is 11.3. The Morgan fingerprint density at radius 2 is 1.71 bits per heavy atom. The van der Waals surface area contributed by atoms with Crippen LogP contribution in [0, 0.1) is 0 Å². The maximum atomic E-state index is 10.4. The first kappa shape index (κ1) is 16.8. The molecule has 0 aliphatic heterocycles. The van der Waals surface area contributed by atoms with Crippen molar-refractivity contribution in [1.29, 1.82) is 0 Å². The van der Waals surface area contributed by atoms with Gasteiger partial charge in [0.1, 0.15) is 5.75 Å². The standard InChI is InChI=1S/C11H24O5S/c1-2-3-4-5-6-7-8-16-9-11(12)10-17(13,14)15/h11-12H,2-10H2,1H3,(H,13,14,15). The van der Waals surface area contributed by atoms with E-state index in [1.807, 2.05) is 0 Å². The van der Waals surface area contributed by atoms with Gasteiger partial charge >= 0.3 is 0 Å². The van der Waals surface area contributed by atoms with E-state index in [0.29, 0.717) is 6.61 Å². The molecule has 0 fully saturated rings. The van der Waals surface area contributed by atoms with Gasteiger partial charge in [0.2, 0.25) is 0 Å². The average Bonchev–Trinajstić information content (AvgIpc) is 2.19. The summed E-state index contributed by atoms with van der Waals surface area (Å²) in [6.07, 6.45) is 5.76. The second kappa shape index (κ2) is 9.82. The monoisotopic (exact) mass is 268 g/mol. The number of aliphatic hydroxyl groups excluding tert-OH is 1. The van der Waals surface area contributed by atoms with Crippen molar-refractivity contribution in [3.8, 4) is 0 Å². The van der Waals surface area contributed by atoms with E-state index in [2.05, 4.69) is 6.92 Å². The van der Waals surface area contributed by atoms with Crippen molar-refractivity contribution in [2.75, 3.05) is 19.0 Å². The van der Waals surface area contributed by atoms with Gasteiger partial charge in [0.25, 0.3) is 10.1 Å². The van der Waals surface area contributed by atoms with Crippen molar-refractivity contribution in [1.82, 2.24) is 0 Å². The van der Waals surface area contributed by atoms with Gasteiger partial charge in [0, 0.05) is 6.61 Å². The summed E-state index contributed by atoms with van der Waals surface area (Å²) in [4.78, 5) is 0. The van der Waals surface area contributed by atoms with Crippen LogP contribution >= 0.6 is 0 Å². The van der Waals surface area contributed by atoms with Gasteiger partial charge < -0.3 is 9.84 Å². The molecule has 0 amide bonds. The Morgan fingerprint density at radius 1 is 1.12 bits per heavy atom. The zero-order chi connectivity index (χ0) is 13.1. The fourth-order valence-corrected chi connectivity index (χ4v) is 2.08. The maximum Gasteiger partial charge on any atom is 0.267 e. The summed E-state index contributed by atoms with van der Waals surface area (Å²) in [5.74, 6) is -0.663. The quantitative estimate of drug-likeness (QED) is 0.439. The van der Waals surface area contributed by atoms with Gasteiger partial charge in [-0.05, 0) is 6.42 Å². The average molecular weight is 268 g/mol. The number of hydrogen-bond donors (Lipinski definition) is 2. The lowest BCUT2D eigenvalue weighted by atomic mass is 10.1. The van der Waals surface area contributed by atoms with E-state index in [1.54, 1.807) is 0 Å². The number of unbranched alkanes of at least 4 members (excludes halogenated alkanes) is 5. The lowest BCUT2D eigenvalue weighted by Crippen LogP contribution is -2.25. The molecule has 0 heterocycles. The van der Waals surface area contributed by atoms with Gasteiger partial charge in [0.05, 0.1) is 12.7 Å². The minimum atomic E-state index is -4.11. The van der Waals surface area contributed by atoms with Crippen LogP contribution in [0.1, 0.15) is 45.4 Å². The molecule has 0 aliphatic carbocycles. The maximum absolute atomic E-state index is 10.4. The topological polar surface area (TPSA) is 83.8 Å². The third kappa shape index (κ3) is 13.8. The van der Waals surface area contributed by atoms with E-state index in [4.69, 9.17) is 9.29 Å². The molecule has 0 rings (SSSR count). The Morgan fingerprint density at radius 3 is 2.29 bits per heavy atom. The van der Waals surface area contributed by atoms with Crippen molar-refractivity contribution in [3.05, 3.63) is 0 Å². The van der Waals surface area contributed by atoms with Gasteiger partial charge in [0.15, 0.2) is 0 Å². The van der Waals surface area contributed by atoms with Gasteiger partial charge in [-0.15, -0.1) is 0 Å². The number of aliphatic hydroxyl groups is 1. The molecule has 2 N–H and O–H groups in total. The Bertz CT molecular complexity index is 263. The summed E-state index contributed by atoms with van der Waals surface area (Å²) in [6.45, 7) is 2.64. The minimum Gasteiger partial charge on any atom is -0.390 e. The van der Waals surface area contributed by atoms with Crippen LogP contribution in [0.3, 0.4) is 0 Å². The first-order valence-electron chi connectivity index (χ1n) is 6.16. The van der Waals surface area contributed by atoms with Crippen LogP contribution in [0.5, 0.6) is 0 Å². The van der Waals surface area contributed by atoms with Crippen LogP contribution in [0.15, 0.2) is 0 Å². The van der Waals surface area contributed by atoms with E-state index in [9.17, 15) is 13.5 Å². The molecule has 0 aromatic rings. The fourth-order valence-electron chi connectivity index (χ4n) is 1.50. The molecule has 0 aromatic heterocycles. The van der Waals surface area contributed by atoms with Gasteiger partial charge in [-0.3, -0.25) is 4.55 Å². The smallest absolute Gasteiger partial charge is 0.267 e. The first-order chi connectivity index (χ1) is 7.95. The lowest BCUT2D eigenvalue weighted by Gasteiger charge is -2.09. The van der Waals surface area contributed by atoms with Crippen molar-refractivity contribution in [2.24, 2.45) is 0 Å². The Hall–Kier alpha value is -0.170. The highest BCUT2D eigenvalue weighted by Crippen LogP contribution is 2.05. The largest absolute Gasteiger partial charge is 0.390 e. The molecule has 0 aliphatic rings. The summed E-state index contributed by atoms with van der Waals surface area (Å²) >= 11 is 0. The predicted octanol–water partition coefficient (Wildman–Crippen LogP) is 1.61. The Balaban J connectivity index is 3.28. The van der Waals surface area contributed by atoms with Gasteiger partial charge in [-0.2, -0.15) is 8.42 Å². The summed E-state index contributed by atoms with van der Waals surface area (Å²) in [6, 6.07) is 0. The van der Waals surface area contributed by atoms with Crippen molar-refractivity contribution in [3.63, 3.8) is 0 Å². The molecule has 5 nitrogen and oxygen atoms in total. The highest BCUT2D eigenvalue weighted by atomic mass is 32.2. The molecule has 17 heavy (non-hydrogen) atoms. The highest BCUT2D eigenvalue weighted by Gasteiger charge is 2.13. The zero-order valence-electron chi connectivity index (χ0n) is 10.5. The van der Waals surface area contributed by atoms with Crippen molar-refractivity contribution in [2.45, 2.75) is 51.6 Å². The molecular formula is C11H24O5S. The minimum absolute atomic E-state index is 0.0469. The van der Waals surface area contributed by atoms with Crippen LogP contribution in [0.2, 0.25) is 0 Å². The Kier molecular flexibility index (Phi) is 9.72. The second-order valence-corrected chi connectivity index (χ2v) is 5.74. The van der Waals surface area contributed by atoms with E-state index in [0.717, 1.165) is 12.8 Å². The van der Waals surface area contributed by atoms with Gasteiger partial charge in [-0.25, -0.2) is 0 Å². The molecule has 0 radical (unpaired) electrons. The van der Waals surface area contributed by atoms with E-state index >= 15 is 0 Å². The highest BCUT2D eigenvalue weighted by molar-refractivity contribution is 7.85. The molecule has 0 saturated heterocycles. The third-order valence-electron chi connectivity index (χ3n) is 2.36. The summed E-state index contributed by atoms with van der Waals surface area (Å²) in [5.41, 5.74) is 0. The summed E-state index contributed by atoms with van der Waals surface area (Å²) < 4.78 is 34.4. The molecular weight excluding hydrogens is 244 g/mol. The second-order valence-electron chi connectivity index (χ2n) is 4.25. The molecule has 0 saturated carbocycles. The van der Waals surface area contributed by atoms with E-state index in [-0.39, 0.29) is 6.61 Å². The SMILES string of the molecule is CCCCCCCCOCC(O)CS(=O)(=O)O. The van der Waals surface area contributed by atoms with Crippen LogP contribution in [-0.4, -0.2) is 43.1 Å². The van der Waals surface area contributed by atoms with Crippen molar-refractivity contribution < 1.29 is 22.8 Å². The molecule has 6 heteroatoms. The first-order valence-corrected chi connectivity index (χ1v) is 7.77.